The number of nitriles is 1. The van der Waals surface area contributed by atoms with Crippen molar-refractivity contribution in [2.45, 2.75) is 12.5 Å². The topological polar surface area (TPSA) is 129 Å². The number of carboxylic acid groups (broad SMARTS) is 1. The molecule has 31 heavy (non-hydrogen) atoms. The van der Waals surface area contributed by atoms with Crippen molar-refractivity contribution in [1.82, 2.24) is 5.32 Å². The predicted molar refractivity (Wildman–Crippen MR) is 117 cm³/mol. The second-order valence-corrected chi connectivity index (χ2v) is 6.83. The minimum Gasteiger partial charge on any atom is -0.480 e. The molecule has 7 nitrogen and oxygen atoms in total. The van der Waals surface area contributed by atoms with Gasteiger partial charge in [-0.25, -0.2) is 4.79 Å². The molecule has 0 heterocycles. The average Bonchev–Trinajstić information content (AvgIpc) is 2.79. The Bertz CT molecular complexity index is 1160. The molecule has 0 saturated heterocycles. The lowest BCUT2D eigenvalue weighted by Crippen LogP contribution is -2.42. The summed E-state index contributed by atoms with van der Waals surface area (Å²) in [7, 11) is 0. The summed E-state index contributed by atoms with van der Waals surface area (Å²) in [6.07, 6.45) is 1.57. The van der Waals surface area contributed by atoms with E-state index < -0.39 is 17.9 Å². The van der Waals surface area contributed by atoms with Crippen LogP contribution in [0.1, 0.15) is 27.0 Å². The second kappa shape index (κ2) is 9.85. The first kappa shape index (κ1) is 21.3. The molecule has 4 N–H and O–H groups in total. The lowest BCUT2D eigenvalue weighted by atomic mass is 9.99. The minimum atomic E-state index is -1.13. The summed E-state index contributed by atoms with van der Waals surface area (Å²) < 4.78 is 0. The molecule has 3 aromatic rings. The van der Waals surface area contributed by atoms with E-state index in [-0.39, 0.29) is 6.42 Å². The number of nitrogens with one attached hydrogen (secondary N) is 1. The highest BCUT2D eigenvalue weighted by molar-refractivity contribution is 5.97. The highest BCUT2D eigenvalue weighted by Gasteiger charge is 2.21. The molecule has 7 heteroatoms. The van der Waals surface area contributed by atoms with Gasteiger partial charge in [-0.1, -0.05) is 54.6 Å². The Hall–Kier alpha value is -4.44. The number of hydrogen-bond acceptors (Lipinski definition) is 5. The number of carbonyl (C=O) groups is 2. The SMILES string of the molecule is N#Cc1ccccc1-c1ccc(C(=O)N[C@@H](Cc2cccc(C=NN)c2)C(=O)O)cc1. The smallest absolute Gasteiger partial charge is 0.326 e. The van der Waals surface area contributed by atoms with E-state index in [1.807, 2.05) is 12.1 Å². The van der Waals surface area contributed by atoms with E-state index in [1.54, 1.807) is 60.7 Å². The van der Waals surface area contributed by atoms with Crippen LogP contribution >= 0.6 is 0 Å². The Balaban J connectivity index is 1.75. The van der Waals surface area contributed by atoms with Crippen LogP contribution in [0.25, 0.3) is 11.1 Å². The third kappa shape index (κ3) is 5.34. The van der Waals surface area contributed by atoms with Crippen molar-refractivity contribution in [3.8, 4) is 17.2 Å². The number of hydrogen-bond donors (Lipinski definition) is 3. The van der Waals surface area contributed by atoms with Gasteiger partial charge in [-0.2, -0.15) is 10.4 Å². The molecule has 0 saturated carbocycles. The number of hydrazone groups is 1. The van der Waals surface area contributed by atoms with Crippen molar-refractivity contribution in [2.75, 3.05) is 0 Å². The third-order valence-corrected chi connectivity index (χ3v) is 4.72. The molecule has 3 aromatic carbocycles. The van der Waals surface area contributed by atoms with Crippen molar-refractivity contribution >= 4 is 18.1 Å². The zero-order chi connectivity index (χ0) is 22.2. The maximum absolute atomic E-state index is 12.6. The van der Waals surface area contributed by atoms with Crippen molar-refractivity contribution < 1.29 is 14.7 Å². The van der Waals surface area contributed by atoms with Gasteiger partial charge in [-0.15, -0.1) is 0 Å². The number of rotatable bonds is 7. The highest BCUT2D eigenvalue weighted by Crippen LogP contribution is 2.23. The van der Waals surface area contributed by atoms with E-state index in [2.05, 4.69) is 16.5 Å². The number of nitrogens with zero attached hydrogens (tertiary/aromatic N) is 2. The van der Waals surface area contributed by atoms with Crippen molar-refractivity contribution in [2.24, 2.45) is 10.9 Å². The molecule has 0 radical (unpaired) electrons. The molecule has 0 bridgehead atoms. The minimum absolute atomic E-state index is 0.112. The lowest BCUT2D eigenvalue weighted by molar-refractivity contribution is -0.139. The van der Waals surface area contributed by atoms with E-state index in [4.69, 9.17) is 5.84 Å². The normalized spacial score (nSPS) is 11.6. The van der Waals surface area contributed by atoms with E-state index in [9.17, 15) is 20.0 Å². The molecule has 1 atom stereocenters. The molecular weight excluding hydrogens is 392 g/mol. The molecule has 0 aromatic heterocycles. The van der Waals surface area contributed by atoms with Crippen LogP contribution in [0.15, 0.2) is 77.9 Å². The zero-order valence-electron chi connectivity index (χ0n) is 16.5. The molecule has 0 aliphatic rings. The first-order chi connectivity index (χ1) is 15.0. The van der Waals surface area contributed by atoms with E-state index >= 15 is 0 Å². The van der Waals surface area contributed by atoms with Crippen LogP contribution in [-0.2, 0) is 11.2 Å². The summed E-state index contributed by atoms with van der Waals surface area (Å²) in [5.74, 6) is 3.53. The van der Waals surface area contributed by atoms with Crippen LogP contribution in [0.4, 0.5) is 0 Å². The first-order valence-electron chi connectivity index (χ1n) is 9.47. The van der Waals surface area contributed by atoms with Crippen molar-refractivity contribution in [3.63, 3.8) is 0 Å². The van der Waals surface area contributed by atoms with Crippen LogP contribution in [-0.4, -0.2) is 29.2 Å². The monoisotopic (exact) mass is 412 g/mol. The number of amides is 1. The first-order valence-corrected chi connectivity index (χ1v) is 9.47. The van der Waals surface area contributed by atoms with Crippen LogP contribution in [0.3, 0.4) is 0 Å². The Morgan fingerprint density at radius 2 is 1.84 bits per heavy atom. The molecule has 0 spiro atoms. The summed E-state index contributed by atoms with van der Waals surface area (Å²) in [5, 5.41) is 24.8. The summed E-state index contributed by atoms with van der Waals surface area (Å²) in [6.45, 7) is 0. The maximum atomic E-state index is 12.6. The third-order valence-electron chi connectivity index (χ3n) is 4.72. The molecule has 0 aliphatic heterocycles. The quantitative estimate of drug-likeness (QED) is 0.312. The number of carbonyl (C=O) groups excluding carboxylic acids is 1. The highest BCUT2D eigenvalue weighted by atomic mass is 16.4. The van der Waals surface area contributed by atoms with Gasteiger partial charge in [0.1, 0.15) is 6.04 Å². The molecule has 0 unspecified atom stereocenters. The second-order valence-electron chi connectivity index (χ2n) is 6.83. The van der Waals surface area contributed by atoms with Gasteiger partial charge in [0.2, 0.25) is 0 Å². The molecular formula is C24H20N4O3. The fourth-order valence-electron chi connectivity index (χ4n) is 3.20. The molecule has 0 fully saturated rings. The summed E-state index contributed by atoms with van der Waals surface area (Å²) >= 11 is 0. The number of nitrogens with two attached hydrogens (primary N) is 1. The fraction of sp³-hybridized carbons (Fsp3) is 0.0833. The van der Waals surface area contributed by atoms with Gasteiger partial charge in [-0.05, 0) is 40.5 Å². The Kier molecular flexibility index (Phi) is 6.76. The maximum Gasteiger partial charge on any atom is 0.326 e. The van der Waals surface area contributed by atoms with Gasteiger partial charge in [-0.3, -0.25) is 4.79 Å². The van der Waals surface area contributed by atoms with Crippen LogP contribution in [0.2, 0.25) is 0 Å². The van der Waals surface area contributed by atoms with Gasteiger partial charge >= 0.3 is 5.97 Å². The Morgan fingerprint density at radius 3 is 2.52 bits per heavy atom. The van der Waals surface area contributed by atoms with Gasteiger partial charge in [0.25, 0.3) is 5.91 Å². The molecule has 1 amide bonds. The fourth-order valence-corrected chi connectivity index (χ4v) is 3.20. The lowest BCUT2D eigenvalue weighted by Gasteiger charge is -2.15. The Morgan fingerprint density at radius 1 is 1.10 bits per heavy atom. The van der Waals surface area contributed by atoms with Crippen LogP contribution in [0, 0.1) is 11.3 Å². The van der Waals surface area contributed by atoms with Gasteiger partial charge in [0, 0.05) is 12.0 Å². The summed E-state index contributed by atoms with van der Waals surface area (Å²) in [5.41, 5.74) is 3.89. The number of benzene rings is 3. The van der Waals surface area contributed by atoms with Gasteiger partial charge < -0.3 is 16.3 Å². The molecule has 3 rings (SSSR count). The van der Waals surface area contributed by atoms with E-state index in [0.29, 0.717) is 11.1 Å². The van der Waals surface area contributed by atoms with Crippen molar-refractivity contribution in [3.05, 3.63) is 95.1 Å². The van der Waals surface area contributed by atoms with Crippen LogP contribution < -0.4 is 11.2 Å². The number of carboxylic acids is 1. The summed E-state index contributed by atoms with van der Waals surface area (Å²) in [6, 6.07) is 22.0. The summed E-state index contributed by atoms with van der Waals surface area (Å²) in [4.78, 5) is 24.3. The average molecular weight is 412 g/mol. The van der Waals surface area contributed by atoms with Crippen LogP contribution in [0.5, 0.6) is 0 Å². The van der Waals surface area contributed by atoms with E-state index in [0.717, 1.165) is 22.3 Å². The van der Waals surface area contributed by atoms with E-state index in [1.165, 1.54) is 6.21 Å². The van der Waals surface area contributed by atoms with Crippen molar-refractivity contribution in [1.29, 1.82) is 5.26 Å². The van der Waals surface area contributed by atoms with Gasteiger partial charge in [0.15, 0.2) is 0 Å². The molecule has 154 valence electrons. The standard InChI is InChI=1S/C24H20N4O3/c25-14-20-6-1-2-7-21(20)18-8-10-19(11-9-18)23(29)28-22(24(30)31)13-16-4-3-5-17(12-16)15-27-26/h1-12,15,22H,13,26H2,(H,28,29)(H,30,31)/t22-/m0/s1. The number of aliphatic carboxylic acids is 1. The zero-order valence-corrected chi connectivity index (χ0v) is 16.5. The predicted octanol–water partition coefficient (Wildman–Crippen LogP) is 2.94. The largest absolute Gasteiger partial charge is 0.480 e. The Labute approximate surface area is 179 Å². The van der Waals surface area contributed by atoms with Gasteiger partial charge in [0.05, 0.1) is 17.8 Å². The molecule has 0 aliphatic carbocycles.